The van der Waals surface area contributed by atoms with Gasteiger partial charge in [0.1, 0.15) is 5.82 Å². The molecule has 0 saturated carbocycles. The Morgan fingerprint density at radius 2 is 2.17 bits per heavy atom. The molecule has 1 aliphatic rings. The molecule has 2 rings (SSSR count). The van der Waals surface area contributed by atoms with E-state index in [-0.39, 0.29) is 11.9 Å². The highest BCUT2D eigenvalue weighted by Crippen LogP contribution is 2.37. The molecule has 1 fully saturated rings. The van der Waals surface area contributed by atoms with Crippen molar-refractivity contribution in [1.29, 1.82) is 0 Å². The molecule has 1 unspecified atom stereocenters. The lowest BCUT2D eigenvalue weighted by Crippen LogP contribution is -2.43. The average molecular weight is 324 g/mol. The van der Waals surface area contributed by atoms with Crippen molar-refractivity contribution in [2.45, 2.75) is 25.1 Å². The van der Waals surface area contributed by atoms with Crippen molar-refractivity contribution in [3.05, 3.63) is 22.3 Å². The zero-order chi connectivity index (χ0) is 13.3. The van der Waals surface area contributed by atoms with Gasteiger partial charge < -0.3 is 10.6 Å². The van der Waals surface area contributed by atoms with E-state index in [1.807, 2.05) is 0 Å². The van der Waals surface area contributed by atoms with Gasteiger partial charge in [-0.15, -0.1) is 0 Å². The highest BCUT2D eigenvalue weighted by molar-refractivity contribution is 9.10. The Balaban J connectivity index is 2.37. The first-order chi connectivity index (χ1) is 8.38. The summed E-state index contributed by atoms with van der Waals surface area (Å²) in [6, 6.07) is 0.966. The number of nitrogens with zero attached hydrogens (tertiary/aromatic N) is 2. The van der Waals surface area contributed by atoms with Gasteiger partial charge in [0.25, 0.3) is 0 Å². The van der Waals surface area contributed by atoms with E-state index >= 15 is 0 Å². The predicted octanol–water partition coefficient (Wildman–Crippen LogP) is 2.79. The molecule has 0 aliphatic carbocycles. The molecule has 1 aliphatic heterocycles. The molecule has 1 aromatic heterocycles. The second kappa shape index (κ2) is 5.05. The van der Waals surface area contributed by atoms with E-state index in [2.05, 4.69) is 20.9 Å². The van der Waals surface area contributed by atoms with Crippen molar-refractivity contribution >= 4 is 21.7 Å². The minimum absolute atomic E-state index is 0.0270. The van der Waals surface area contributed by atoms with Crippen LogP contribution in [0.4, 0.5) is 19.0 Å². The van der Waals surface area contributed by atoms with Crippen molar-refractivity contribution in [3.8, 4) is 0 Å². The van der Waals surface area contributed by atoms with Crippen molar-refractivity contribution in [2.24, 2.45) is 5.73 Å². The molecule has 0 amide bonds. The number of hydrogen-bond acceptors (Lipinski definition) is 3. The molecule has 1 saturated heterocycles. The summed E-state index contributed by atoms with van der Waals surface area (Å²) in [5.41, 5.74) is 5.07. The Kier molecular flexibility index (Phi) is 3.82. The fraction of sp³-hybridized carbons (Fsp3) is 0.545. The number of nitrogens with two attached hydrogens (primary N) is 1. The normalized spacial score (nSPS) is 21.2. The summed E-state index contributed by atoms with van der Waals surface area (Å²) in [6.07, 6.45) is -1.40. The number of halogens is 4. The van der Waals surface area contributed by atoms with E-state index in [4.69, 9.17) is 5.73 Å². The number of rotatable bonds is 1. The summed E-state index contributed by atoms with van der Waals surface area (Å²) >= 11 is 3.02. The second-order valence-corrected chi connectivity index (χ2v) is 5.29. The first-order valence-corrected chi connectivity index (χ1v) is 6.40. The minimum atomic E-state index is -4.41. The van der Waals surface area contributed by atoms with E-state index < -0.39 is 11.7 Å². The number of aromatic nitrogens is 1. The van der Waals surface area contributed by atoms with Crippen molar-refractivity contribution in [3.63, 3.8) is 0 Å². The van der Waals surface area contributed by atoms with Gasteiger partial charge >= 0.3 is 6.18 Å². The van der Waals surface area contributed by atoms with Crippen LogP contribution in [0.25, 0.3) is 0 Å². The highest BCUT2D eigenvalue weighted by atomic mass is 79.9. The minimum Gasteiger partial charge on any atom is -0.355 e. The molecule has 7 heteroatoms. The van der Waals surface area contributed by atoms with E-state index in [0.29, 0.717) is 17.6 Å². The number of pyridine rings is 1. The van der Waals surface area contributed by atoms with Crippen LogP contribution in [-0.4, -0.2) is 24.1 Å². The summed E-state index contributed by atoms with van der Waals surface area (Å²) in [5.74, 6) is -0.0270. The number of piperidine rings is 1. The van der Waals surface area contributed by atoms with Gasteiger partial charge in [-0.05, 0) is 34.8 Å². The Labute approximate surface area is 111 Å². The standard InChI is InChI=1S/C11H13BrF3N3/c12-7-4-9(11(13,14)15)10(17-5-7)18-3-1-2-8(16)6-18/h4-5,8H,1-3,6,16H2. The zero-order valence-electron chi connectivity index (χ0n) is 9.54. The predicted molar refractivity (Wildman–Crippen MR) is 66.4 cm³/mol. The third kappa shape index (κ3) is 2.95. The Morgan fingerprint density at radius 3 is 2.78 bits per heavy atom. The maximum absolute atomic E-state index is 13.0. The Morgan fingerprint density at radius 1 is 1.44 bits per heavy atom. The molecule has 2 N–H and O–H groups in total. The number of hydrogen-bond donors (Lipinski definition) is 1. The molecule has 1 aromatic rings. The van der Waals surface area contributed by atoms with Crippen LogP contribution in [0.3, 0.4) is 0 Å². The van der Waals surface area contributed by atoms with Crippen LogP contribution in [0, 0.1) is 0 Å². The fourth-order valence-electron chi connectivity index (χ4n) is 2.10. The molecule has 2 heterocycles. The molecule has 18 heavy (non-hydrogen) atoms. The SMILES string of the molecule is NC1CCCN(c2ncc(Br)cc2C(F)(F)F)C1. The largest absolute Gasteiger partial charge is 0.419 e. The van der Waals surface area contributed by atoms with Crippen LogP contribution in [0.15, 0.2) is 16.7 Å². The molecular formula is C11H13BrF3N3. The highest BCUT2D eigenvalue weighted by Gasteiger charge is 2.36. The van der Waals surface area contributed by atoms with Gasteiger partial charge in [-0.1, -0.05) is 0 Å². The van der Waals surface area contributed by atoms with Gasteiger partial charge in [0.05, 0.1) is 5.56 Å². The number of alkyl halides is 3. The van der Waals surface area contributed by atoms with Crippen molar-refractivity contribution in [1.82, 2.24) is 4.98 Å². The molecule has 0 aromatic carbocycles. The molecule has 100 valence electrons. The average Bonchev–Trinajstić information content (AvgIpc) is 2.27. The molecule has 0 spiro atoms. The van der Waals surface area contributed by atoms with Crippen molar-refractivity contribution < 1.29 is 13.2 Å². The van der Waals surface area contributed by atoms with Gasteiger partial charge in [-0.25, -0.2) is 4.98 Å². The van der Waals surface area contributed by atoms with Gasteiger partial charge in [-0.3, -0.25) is 0 Å². The fourth-order valence-corrected chi connectivity index (χ4v) is 2.43. The molecule has 1 atom stereocenters. The van der Waals surface area contributed by atoms with Crippen LogP contribution in [0.1, 0.15) is 18.4 Å². The Bertz CT molecular complexity index is 436. The second-order valence-electron chi connectivity index (χ2n) is 4.37. The monoisotopic (exact) mass is 323 g/mol. The summed E-state index contributed by atoms with van der Waals surface area (Å²) in [7, 11) is 0. The number of anilines is 1. The van der Waals surface area contributed by atoms with Crippen molar-refractivity contribution in [2.75, 3.05) is 18.0 Å². The van der Waals surface area contributed by atoms with Gasteiger partial charge in [0.15, 0.2) is 0 Å². The molecule has 0 radical (unpaired) electrons. The topological polar surface area (TPSA) is 42.1 Å². The van der Waals surface area contributed by atoms with Crippen LogP contribution in [0.2, 0.25) is 0 Å². The van der Waals surface area contributed by atoms with Crippen LogP contribution >= 0.6 is 15.9 Å². The summed E-state index contributed by atoms with van der Waals surface area (Å²) in [5, 5.41) is 0. The molecule has 3 nitrogen and oxygen atoms in total. The summed E-state index contributed by atoms with van der Waals surface area (Å²) in [4.78, 5) is 5.52. The van der Waals surface area contributed by atoms with E-state index in [1.165, 1.54) is 6.20 Å². The van der Waals surface area contributed by atoms with E-state index in [9.17, 15) is 13.2 Å². The first-order valence-electron chi connectivity index (χ1n) is 5.61. The third-order valence-corrected chi connectivity index (χ3v) is 3.33. The van der Waals surface area contributed by atoms with Crippen LogP contribution in [0.5, 0.6) is 0 Å². The lowest BCUT2D eigenvalue weighted by Gasteiger charge is -2.33. The Hall–Kier alpha value is -0.820. The summed E-state index contributed by atoms with van der Waals surface area (Å²) < 4.78 is 39.2. The van der Waals surface area contributed by atoms with Crippen LogP contribution < -0.4 is 10.6 Å². The first kappa shape index (κ1) is 13.6. The van der Waals surface area contributed by atoms with Gasteiger partial charge in [0, 0.05) is 29.8 Å². The van der Waals surface area contributed by atoms with E-state index in [0.717, 1.165) is 18.9 Å². The lowest BCUT2D eigenvalue weighted by molar-refractivity contribution is -0.137. The summed E-state index contributed by atoms with van der Waals surface area (Å²) in [6.45, 7) is 0.975. The van der Waals surface area contributed by atoms with Gasteiger partial charge in [0.2, 0.25) is 0 Å². The maximum Gasteiger partial charge on any atom is 0.419 e. The van der Waals surface area contributed by atoms with Gasteiger partial charge in [-0.2, -0.15) is 13.2 Å². The maximum atomic E-state index is 13.0. The zero-order valence-corrected chi connectivity index (χ0v) is 11.1. The third-order valence-electron chi connectivity index (χ3n) is 2.90. The van der Waals surface area contributed by atoms with E-state index in [1.54, 1.807) is 4.90 Å². The lowest BCUT2D eigenvalue weighted by atomic mass is 10.1. The quantitative estimate of drug-likeness (QED) is 0.864. The van der Waals surface area contributed by atoms with Crippen LogP contribution in [-0.2, 0) is 6.18 Å². The molecule has 0 bridgehead atoms. The molecular weight excluding hydrogens is 311 g/mol. The smallest absolute Gasteiger partial charge is 0.355 e.